The molecule has 6 heavy (non-hydrogen) atoms. The average Bonchev–Trinajstić information content (AvgIpc) is 0.918. The molecule has 0 saturated heterocycles. The van der Waals surface area contributed by atoms with E-state index in [1.54, 1.807) is 6.26 Å². The Kier molecular flexibility index (Phi) is 7420. The van der Waals surface area contributed by atoms with Gasteiger partial charge < -0.3 is 12.3 Å². The minimum Gasteiger partial charge on any atom is -0.344 e. The van der Waals surface area contributed by atoms with Crippen LogP contribution in [0.15, 0.2) is 0 Å². The summed E-state index contributed by atoms with van der Waals surface area (Å²) in [6.45, 7) is 0. The molecule has 0 aromatic rings. The third-order valence-electron chi connectivity index (χ3n) is 0. The van der Waals surface area contributed by atoms with Crippen LogP contribution in [0, 0.1) is 0 Å². The summed E-state index contributed by atoms with van der Waals surface area (Å²) >= 11 is 1.000. The van der Waals surface area contributed by atoms with Crippen molar-refractivity contribution in [3.63, 3.8) is 0 Å². The van der Waals surface area contributed by atoms with Gasteiger partial charge in [0, 0.05) is 0 Å². The monoisotopic (exact) mass is 116 g/mol. The molecule has 3 heteroatoms. The van der Waals surface area contributed by atoms with E-state index in [9.17, 15) is 0 Å². The Morgan fingerprint density at radius 2 is 1.33 bits per heavy atom. The zero-order valence-corrected chi connectivity index (χ0v) is 3.64. The molecular weight excluding hydrogens is 96.1 g/mol. The smallest absolute Gasteiger partial charge is 0.102 e. The minimum atomic E-state index is 0. The van der Waals surface area contributed by atoms with E-state index < -0.39 is 0 Å². The van der Waals surface area contributed by atoms with Crippen molar-refractivity contribution >= 4 is 12.5 Å². The lowest BCUT2D eigenvalue weighted by Crippen LogP contribution is -0.865. The predicted octanol–water partition coefficient (Wildman–Crippen LogP) is 2.14. The standard InChI is InChI=1S/CH4S.2CH4.2H3N/c1-2;;;;/h2H,1H3;2*1H4;2*1H3/i/hT. The molecule has 0 radical (unpaired) electrons. The summed E-state index contributed by atoms with van der Waals surface area (Å²) in [6.07, 6.45) is 1.71. The molecule has 0 rings (SSSR count). The summed E-state index contributed by atoms with van der Waals surface area (Å²) in [7, 11) is 0. The van der Waals surface area contributed by atoms with Gasteiger partial charge in [-0.3, -0.25) is 0 Å². The highest BCUT2D eigenvalue weighted by Gasteiger charge is 0.901. The molecule has 0 fully saturated rings. The van der Waals surface area contributed by atoms with E-state index in [2.05, 4.69) is 0 Å². The first kappa shape index (κ1) is 33.8. The Morgan fingerprint density at radius 3 is 1.33 bits per heavy atom. The molecule has 0 aliphatic heterocycles. The fourth-order valence-electron chi connectivity index (χ4n) is 0. The Morgan fingerprint density at radius 1 is 1.33 bits per heavy atom. The van der Waals surface area contributed by atoms with Gasteiger partial charge in [-0.1, -0.05) is 14.9 Å². The fourth-order valence-corrected chi connectivity index (χ4v) is 0. The summed E-state index contributed by atoms with van der Waals surface area (Å²) in [5.74, 6) is 0. The summed E-state index contributed by atoms with van der Waals surface area (Å²) in [5.41, 5.74) is 0. The molecule has 6 N–H and O–H groups in total. The van der Waals surface area contributed by atoms with Crippen molar-refractivity contribution in [2.24, 2.45) is 0 Å². The van der Waals surface area contributed by atoms with Crippen LogP contribution < -0.4 is 12.3 Å². The van der Waals surface area contributed by atoms with Crippen LogP contribution in [0.3, 0.4) is 0 Å². The highest BCUT2D eigenvalue weighted by molar-refractivity contribution is 7.79. The van der Waals surface area contributed by atoms with E-state index in [1.165, 1.54) is 0 Å². The zero-order valence-electron chi connectivity index (χ0n) is 3.82. The second kappa shape index (κ2) is 1320. The van der Waals surface area contributed by atoms with E-state index in [4.69, 9.17) is 1.12 Å². The van der Waals surface area contributed by atoms with Gasteiger partial charge in [0.25, 0.3) is 0 Å². The summed E-state index contributed by atoms with van der Waals surface area (Å²) < 4.78 is 6.12. The second-order valence-electron chi connectivity index (χ2n) is 0. The quantitative estimate of drug-likeness (QED) is 0.424. The van der Waals surface area contributed by atoms with E-state index in [-0.39, 0.29) is 27.2 Å². The van der Waals surface area contributed by atoms with Gasteiger partial charge in [-0.2, -0.15) is 12.5 Å². The topological polar surface area (TPSA) is 70.0 Å². The SMILES string of the molecule is C.C.N.N.[3H]SC. The molecule has 0 aromatic heterocycles. The van der Waals surface area contributed by atoms with Gasteiger partial charge in [0.05, 0.1) is 0 Å². The van der Waals surface area contributed by atoms with Gasteiger partial charge >= 0.3 is 0 Å². The highest BCUT2D eigenvalue weighted by Crippen LogP contribution is 1.31. The van der Waals surface area contributed by atoms with Crippen molar-refractivity contribution in [1.29, 1.82) is 1.12 Å². The maximum absolute atomic E-state index is 6.12. The molecule has 0 aliphatic carbocycles. The van der Waals surface area contributed by atoms with Crippen molar-refractivity contribution in [1.82, 2.24) is 12.3 Å². The molecule has 0 aromatic carbocycles. The minimum absolute atomic E-state index is 0. The maximum Gasteiger partial charge on any atom is 0.102 e. The fraction of sp³-hybridized carbons (Fsp3) is 1.00. The number of hydrogen-bond donors (Lipinski definition) is 3. The average molecular weight is 116 g/mol. The molecule has 0 bridgehead atoms. The molecule has 0 aliphatic rings. The van der Waals surface area contributed by atoms with E-state index >= 15 is 0 Å². The van der Waals surface area contributed by atoms with Crippen molar-refractivity contribution in [3.05, 3.63) is 0 Å². The third kappa shape index (κ3) is 626. The van der Waals surface area contributed by atoms with Crippen LogP contribution in [-0.4, -0.2) is 7.38 Å². The van der Waals surface area contributed by atoms with Crippen LogP contribution >= 0.6 is 12.5 Å². The highest BCUT2D eigenvalue weighted by atomic mass is 32.1. The number of hydrogen-bond acceptors (Lipinski definition) is 3. The van der Waals surface area contributed by atoms with Crippen LogP contribution in [0.25, 0.3) is 0 Å². The lowest BCUT2D eigenvalue weighted by atomic mass is 12.0. The molecule has 0 atom stereocenters. The molecule has 0 amide bonds. The first-order valence-electron chi connectivity index (χ1n) is 0.816. The third-order valence-corrected chi connectivity index (χ3v) is 0. The van der Waals surface area contributed by atoms with Crippen LogP contribution in [0.5, 0.6) is 0 Å². The molecule has 0 heterocycles. The second-order valence-corrected chi connectivity index (χ2v) is 0. The van der Waals surface area contributed by atoms with Crippen molar-refractivity contribution < 1.29 is 0 Å². The van der Waals surface area contributed by atoms with Crippen LogP contribution in [0.2, 0.25) is 0 Å². The van der Waals surface area contributed by atoms with E-state index in [0.29, 0.717) is 0 Å². The van der Waals surface area contributed by atoms with E-state index in [1.807, 2.05) is 0 Å². The summed E-state index contributed by atoms with van der Waals surface area (Å²) in [4.78, 5) is 0. The van der Waals surface area contributed by atoms with Gasteiger partial charge in [-0.05, 0) is 6.26 Å². The Labute approximate surface area is 48.0 Å². The lowest BCUT2D eigenvalue weighted by molar-refractivity contribution is 2.13. The maximum atomic E-state index is 6.12. The van der Waals surface area contributed by atoms with E-state index in [0.717, 1.165) is 12.5 Å². The Balaban J connectivity index is -0.00000000333. The molecule has 0 saturated carbocycles. The Hall–Kier alpha value is 0.270. The molecule has 46 valence electrons. The largest absolute Gasteiger partial charge is 0.344 e. The van der Waals surface area contributed by atoms with Gasteiger partial charge in [0.1, 0.15) is 1.12 Å². The van der Waals surface area contributed by atoms with Crippen molar-refractivity contribution in [2.45, 2.75) is 14.9 Å². The van der Waals surface area contributed by atoms with Crippen molar-refractivity contribution in [3.8, 4) is 0 Å². The predicted molar refractivity (Wildman–Crippen MR) is 38.4 cm³/mol. The molecular formula is C3H18N2S. The first-order valence-corrected chi connectivity index (χ1v) is 1.22. The van der Waals surface area contributed by atoms with Crippen LogP contribution in [-0.2, 0) is 0 Å². The zero-order chi connectivity index (χ0) is 2.71. The lowest BCUT2D eigenvalue weighted by Gasteiger charge is -1.11. The van der Waals surface area contributed by atoms with Gasteiger partial charge in [0.15, 0.2) is 0 Å². The summed E-state index contributed by atoms with van der Waals surface area (Å²) in [6, 6.07) is 0. The summed E-state index contributed by atoms with van der Waals surface area (Å²) in [5, 5.41) is 0. The first-order chi connectivity index (χ1) is 1.41. The van der Waals surface area contributed by atoms with Crippen molar-refractivity contribution in [2.75, 3.05) is 6.26 Å². The number of thiol groups is 1. The van der Waals surface area contributed by atoms with Gasteiger partial charge in [-0.15, -0.1) is 0 Å². The van der Waals surface area contributed by atoms with Gasteiger partial charge in [-0.25, -0.2) is 0 Å². The Bertz CT molecular complexity index is 12.9. The van der Waals surface area contributed by atoms with Crippen LogP contribution in [0.4, 0.5) is 0 Å². The van der Waals surface area contributed by atoms with Gasteiger partial charge in [0.2, 0.25) is 0 Å². The number of rotatable bonds is 0. The molecule has 0 spiro atoms. The van der Waals surface area contributed by atoms with Crippen LogP contribution in [0.1, 0.15) is 14.9 Å². The molecule has 0 unspecified atom stereocenters. The molecule has 2 nitrogen and oxygen atoms in total. The normalized spacial score (nSPS) is 3.17.